The third-order valence-electron chi connectivity index (χ3n) is 4.72. The Kier molecular flexibility index (Phi) is 7.23. The van der Waals surface area contributed by atoms with Crippen LogP contribution in [0.4, 0.5) is 4.39 Å². The van der Waals surface area contributed by atoms with Gasteiger partial charge >= 0.3 is 0 Å². The van der Waals surface area contributed by atoms with Crippen molar-refractivity contribution in [1.82, 2.24) is 19.8 Å². The van der Waals surface area contributed by atoms with Gasteiger partial charge in [0.15, 0.2) is 0 Å². The number of hydrogen-bond donors (Lipinski definition) is 1. The number of imidazole rings is 1. The number of carbonyl (C=O) groups is 1. The number of hydrogen-bond acceptors (Lipinski definition) is 4. The molecule has 1 N–H and O–H groups in total. The molecule has 0 fully saturated rings. The fourth-order valence-electron chi connectivity index (χ4n) is 3.28. The maximum absolute atomic E-state index is 13.4. The van der Waals surface area contributed by atoms with Gasteiger partial charge in [0.25, 0.3) is 0 Å². The van der Waals surface area contributed by atoms with E-state index >= 15 is 0 Å². The van der Waals surface area contributed by atoms with Gasteiger partial charge in [0.2, 0.25) is 5.91 Å². The van der Waals surface area contributed by atoms with Gasteiger partial charge in [-0.3, -0.25) is 9.69 Å². The van der Waals surface area contributed by atoms with Crippen molar-refractivity contribution in [3.8, 4) is 5.75 Å². The summed E-state index contributed by atoms with van der Waals surface area (Å²) in [5.41, 5.74) is 1.73. The molecule has 1 heterocycles. The predicted molar refractivity (Wildman–Crippen MR) is 117 cm³/mol. The summed E-state index contributed by atoms with van der Waals surface area (Å²) in [6.07, 6.45) is 3.48. The molecule has 0 spiro atoms. The van der Waals surface area contributed by atoms with Crippen LogP contribution in [0.2, 0.25) is 0 Å². The van der Waals surface area contributed by atoms with Crippen LogP contribution in [0.3, 0.4) is 0 Å². The molecular weight excluding hydrogens is 451 g/mol. The molecule has 1 unspecified atom stereocenters. The number of ether oxygens (including phenoxy) is 1. The maximum Gasteiger partial charge on any atom is 0.235 e. The number of carbonyl (C=O) groups excluding carboxylic acids is 1. The molecule has 30 heavy (non-hydrogen) atoms. The summed E-state index contributed by atoms with van der Waals surface area (Å²) in [6, 6.07) is 11.4. The Morgan fingerprint density at radius 2 is 2.03 bits per heavy atom. The van der Waals surface area contributed by atoms with Crippen LogP contribution in [0.25, 0.3) is 0 Å². The highest BCUT2D eigenvalue weighted by atomic mass is 79.9. The summed E-state index contributed by atoms with van der Waals surface area (Å²) in [7, 11) is 5.35. The van der Waals surface area contributed by atoms with Gasteiger partial charge in [-0.05, 0) is 42.9 Å². The van der Waals surface area contributed by atoms with E-state index in [2.05, 4.69) is 26.2 Å². The topological polar surface area (TPSA) is 59.4 Å². The highest BCUT2D eigenvalue weighted by molar-refractivity contribution is 9.10. The lowest BCUT2D eigenvalue weighted by Gasteiger charge is -2.22. The maximum atomic E-state index is 13.4. The Balaban J connectivity index is 1.72. The predicted octanol–water partition coefficient (Wildman–Crippen LogP) is 3.67. The van der Waals surface area contributed by atoms with Crippen molar-refractivity contribution >= 4 is 21.8 Å². The zero-order valence-corrected chi connectivity index (χ0v) is 18.7. The lowest BCUT2D eigenvalue weighted by Crippen LogP contribution is -2.38. The van der Waals surface area contributed by atoms with Crippen LogP contribution in [0.15, 0.2) is 59.3 Å². The molecule has 0 radical (unpaired) electrons. The Morgan fingerprint density at radius 1 is 1.30 bits per heavy atom. The van der Waals surface area contributed by atoms with E-state index in [1.54, 1.807) is 25.4 Å². The SMILES string of the molecule is COc1ccc(Br)cc1CN(C)CC(=O)NC(c1ccc(F)cc1)c1nccn1C. The molecular formula is C22H24BrFN4O2. The third kappa shape index (κ3) is 5.46. The largest absolute Gasteiger partial charge is 0.496 e. The molecule has 3 rings (SSSR count). The monoisotopic (exact) mass is 474 g/mol. The number of nitrogens with zero attached hydrogens (tertiary/aromatic N) is 3. The molecule has 1 amide bonds. The average molecular weight is 475 g/mol. The Morgan fingerprint density at radius 3 is 2.67 bits per heavy atom. The Labute approximate surface area is 183 Å². The number of likely N-dealkylation sites (N-methyl/N-ethyl adjacent to an activating group) is 1. The molecule has 2 aromatic carbocycles. The summed E-state index contributed by atoms with van der Waals surface area (Å²) < 4.78 is 21.6. The highest BCUT2D eigenvalue weighted by Gasteiger charge is 2.21. The second-order valence-electron chi connectivity index (χ2n) is 7.08. The molecule has 158 valence electrons. The van der Waals surface area contributed by atoms with Crippen molar-refractivity contribution < 1.29 is 13.9 Å². The van der Waals surface area contributed by atoms with E-state index in [9.17, 15) is 9.18 Å². The number of nitrogens with one attached hydrogen (secondary N) is 1. The van der Waals surface area contributed by atoms with Crippen LogP contribution in [-0.2, 0) is 18.4 Å². The first-order valence-corrected chi connectivity index (χ1v) is 10.2. The number of rotatable bonds is 8. The van der Waals surface area contributed by atoms with E-state index in [1.165, 1.54) is 12.1 Å². The van der Waals surface area contributed by atoms with Gasteiger partial charge in [-0.2, -0.15) is 0 Å². The zero-order chi connectivity index (χ0) is 21.7. The van der Waals surface area contributed by atoms with E-state index in [-0.39, 0.29) is 18.3 Å². The second-order valence-corrected chi connectivity index (χ2v) is 7.99. The standard InChI is InChI=1S/C22H24BrFN4O2/c1-27(13-16-12-17(23)6-9-19(16)30-3)14-20(29)26-21(22-25-10-11-28(22)2)15-4-7-18(24)8-5-15/h4-12,21H,13-14H2,1-3H3,(H,26,29). The summed E-state index contributed by atoms with van der Waals surface area (Å²) in [5, 5.41) is 3.03. The van der Waals surface area contributed by atoms with Crippen molar-refractivity contribution in [2.45, 2.75) is 12.6 Å². The van der Waals surface area contributed by atoms with Crippen molar-refractivity contribution in [2.24, 2.45) is 7.05 Å². The minimum absolute atomic E-state index is 0.163. The molecule has 0 aliphatic rings. The van der Waals surface area contributed by atoms with Gasteiger partial charge in [-0.1, -0.05) is 28.1 Å². The number of amides is 1. The van der Waals surface area contributed by atoms with Crippen molar-refractivity contribution in [1.29, 1.82) is 0 Å². The number of halogens is 2. The van der Waals surface area contributed by atoms with Crippen LogP contribution in [0.5, 0.6) is 5.75 Å². The summed E-state index contributed by atoms with van der Waals surface area (Å²) in [5.74, 6) is 0.948. The molecule has 6 nitrogen and oxygen atoms in total. The lowest BCUT2D eigenvalue weighted by atomic mass is 10.1. The van der Waals surface area contributed by atoms with E-state index in [0.29, 0.717) is 12.4 Å². The van der Waals surface area contributed by atoms with Crippen molar-refractivity contribution in [3.05, 3.63) is 82.1 Å². The van der Waals surface area contributed by atoms with Gasteiger partial charge in [-0.25, -0.2) is 9.37 Å². The molecule has 1 atom stereocenters. The Bertz CT molecular complexity index is 1010. The molecule has 3 aromatic rings. The van der Waals surface area contributed by atoms with E-state index in [1.807, 2.05) is 48.0 Å². The first-order valence-electron chi connectivity index (χ1n) is 9.40. The van der Waals surface area contributed by atoms with Gasteiger partial charge < -0.3 is 14.6 Å². The molecule has 1 aromatic heterocycles. The number of methoxy groups -OCH3 is 1. The van der Waals surface area contributed by atoms with E-state index < -0.39 is 6.04 Å². The van der Waals surface area contributed by atoms with Crippen LogP contribution in [0, 0.1) is 5.82 Å². The number of aryl methyl sites for hydroxylation is 1. The van der Waals surface area contributed by atoms with Crippen molar-refractivity contribution in [2.75, 3.05) is 20.7 Å². The molecule has 0 saturated heterocycles. The first kappa shape index (κ1) is 22.0. The second kappa shape index (κ2) is 9.86. The lowest BCUT2D eigenvalue weighted by molar-refractivity contribution is -0.122. The highest BCUT2D eigenvalue weighted by Crippen LogP contribution is 2.24. The molecule has 0 aliphatic heterocycles. The third-order valence-corrected chi connectivity index (χ3v) is 5.21. The van der Waals surface area contributed by atoms with Gasteiger partial charge in [0.05, 0.1) is 13.7 Å². The molecule has 8 heteroatoms. The van der Waals surface area contributed by atoms with E-state index in [0.717, 1.165) is 21.3 Å². The quantitative estimate of drug-likeness (QED) is 0.541. The van der Waals surface area contributed by atoms with Crippen molar-refractivity contribution in [3.63, 3.8) is 0 Å². The molecule has 0 saturated carbocycles. The van der Waals surface area contributed by atoms with Gasteiger partial charge in [0, 0.05) is 36.0 Å². The zero-order valence-electron chi connectivity index (χ0n) is 17.1. The minimum atomic E-state index is -0.480. The minimum Gasteiger partial charge on any atom is -0.496 e. The smallest absolute Gasteiger partial charge is 0.235 e. The normalized spacial score (nSPS) is 12.1. The Hall–Kier alpha value is -2.71. The number of aromatic nitrogens is 2. The van der Waals surface area contributed by atoms with Crippen LogP contribution < -0.4 is 10.1 Å². The summed E-state index contributed by atoms with van der Waals surface area (Å²) in [4.78, 5) is 19.1. The first-order chi connectivity index (χ1) is 14.4. The molecule has 0 bridgehead atoms. The average Bonchev–Trinajstić information content (AvgIpc) is 3.12. The summed E-state index contributed by atoms with van der Waals surface area (Å²) in [6.45, 7) is 0.720. The fourth-order valence-corrected chi connectivity index (χ4v) is 3.69. The molecule has 0 aliphatic carbocycles. The van der Waals surface area contributed by atoms with E-state index in [4.69, 9.17) is 4.74 Å². The van der Waals surface area contributed by atoms with Crippen LogP contribution in [0.1, 0.15) is 23.0 Å². The summed E-state index contributed by atoms with van der Waals surface area (Å²) >= 11 is 3.47. The number of benzene rings is 2. The van der Waals surface area contributed by atoms with Crippen LogP contribution in [-0.4, -0.2) is 41.1 Å². The van der Waals surface area contributed by atoms with Crippen LogP contribution >= 0.6 is 15.9 Å². The van der Waals surface area contributed by atoms with Gasteiger partial charge in [0.1, 0.15) is 23.4 Å². The fraction of sp³-hybridized carbons (Fsp3) is 0.273. The van der Waals surface area contributed by atoms with Gasteiger partial charge in [-0.15, -0.1) is 0 Å².